The normalized spacial score (nSPS) is 15.9. The van der Waals surface area contributed by atoms with Crippen LogP contribution in [-0.4, -0.2) is 38.0 Å². The molecule has 0 aliphatic carbocycles. The predicted molar refractivity (Wildman–Crippen MR) is 143 cm³/mol. The number of aliphatic hydroxyl groups is 1. The third-order valence-corrected chi connectivity index (χ3v) is 7.67. The highest BCUT2D eigenvalue weighted by Crippen LogP contribution is 2.42. The van der Waals surface area contributed by atoms with E-state index >= 15 is 0 Å². The summed E-state index contributed by atoms with van der Waals surface area (Å²) >= 11 is 0. The Bertz CT molecular complexity index is 1610. The molecule has 0 unspecified atom stereocenters. The van der Waals surface area contributed by atoms with Gasteiger partial charge in [-0.2, -0.15) is 0 Å². The molecular formula is C30H31FN4O3. The molecule has 1 fully saturated rings. The Labute approximate surface area is 220 Å². The smallest absolute Gasteiger partial charge is 0.141 e. The van der Waals surface area contributed by atoms with E-state index in [1.54, 1.807) is 20.0 Å². The van der Waals surface area contributed by atoms with Gasteiger partial charge in [-0.25, -0.2) is 4.39 Å². The average Bonchev–Trinajstić information content (AvgIpc) is 3.41. The predicted octanol–water partition coefficient (Wildman–Crippen LogP) is 6.24. The zero-order chi connectivity index (χ0) is 26.6. The molecule has 38 heavy (non-hydrogen) atoms. The minimum Gasteiger partial charge on any atom is -0.384 e. The summed E-state index contributed by atoms with van der Waals surface area (Å²) in [5.41, 5.74) is 5.81. The standard InChI is InChI=1S/C30H31FN4O3/c1-17-27(18(2)38-34-17)21-13-25-28(33-15-21)23-16-32-26(30(3,4)36)14-24(23)35(25)29(20-9-11-37-12-10-20)19-5-7-22(31)8-6-19/h5-8,13-16,20,29,36H,9-12H2,1-4H3/t29-/m1/s1. The quantitative estimate of drug-likeness (QED) is 0.299. The van der Waals surface area contributed by atoms with Crippen LogP contribution >= 0.6 is 0 Å². The third-order valence-electron chi connectivity index (χ3n) is 7.67. The highest BCUT2D eigenvalue weighted by Gasteiger charge is 2.31. The van der Waals surface area contributed by atoms with Gasteiger partial charge in [0, 0.05) is 42.1 Å². The number of ether oxygens (including phenoxy) is 1. The molecule has 0 radical (unpaired) electrons. The van der Waals surface area contributed by atoms with E-state index in [0.29, 0.717) is 18.9 Å². The molecule has 1 aliphatic rings. The van der Waals surface area contributed by atoms with Gasteiger partial charge < -0.3 is 18.9 Å². The molecule has 6 rings (SSSR count). The Kier molecular flexibility index (Phi) is 6.04. The number of aryl methyl sites for hydroxylation is 2. The van der Waals surface area contributed by atoms with Gasteiger partial charge >= 0.3 is 0 Å². The first-order valence-electron chi connectivity index (χ1n) is 13.0. The number of fused-ring (bicyclic) bond motifs is 3. The lowest BCUT2D eigenvalue weighted by atomic mass is 9.86. The van der Waals surface area contributed by atoms with Crippen LogP contribution in [0.5, 0.6) is 0 Å². The zero-order valence-corrected chi connectivity index (χ0v) is 22.0. The highest BCUT2D eigenvalue weighted by atomic mass is 19.1. The number of nitrogens with zero attached hydrogens (tertiary/aromatic N) is 4. The topological polar surface area (TPSA) is 86.2 Å². The van der Waals surface area contributed by atoms with Crippen molar-refractivity contribution >= 4 is 21.9 Å². The molecule has 0 saturated carbocycles. The number of pyridine rings is 2. The third kappa shape index (κ3) is 4.18. The van der Waals surface area contributed by atoms with Crippen LogP contribution in [0.3, 0.4) is 0 Å². The van der Waals surface area contributed by atoms with Crippen molar-refractivity contribution in [2.75, 3.05) is 13.2 Å². The fraction of sp³-hybridized carbons (Fsp3) is 0.367. The molecule has 8 heteroatoms. The number of hydrogen-bond donors (Lipinski definition) is 1. The van der Waals surface area contributed by atoms with E-state index < -0.39 is 5.60 Å². The minimum atomic E-state index is -1.12. The molecule has 0 amide bonds. The number of benzene rings is 1. The summed E-state index contributed by atoms with van der Waals surface area (Å²) in [5.74, 6) is 0.726. The SMILES string of the molecule is Cc1noc(C)c1-c1cnc2c3cnc(C(C)(C)O)cc3n([C@H](c3ccc(F)cc3)C3CCOCC3)c2c1. The lowest BCUT2D eigenvalue weighted by molar-refractivity contribution is 0.0552. The number of aromatic nitrogens is 4. The maximum absolute atomic E-state index is 14.0. The lowest BCUT2D eigenvalue weighted by Gasteiger charge is -2.33. The van der Waals surface area contributed by atoms with Crippen molar-refractivity contribution in [1.29, 1.82) is 0 Å². The molecule has 1 atom stereocenters. The van der Waals surface area contributed by atoms with Crippen molar-refractivity contribution in [2.45, 2.75) is 52.2 Å². The summed E-state index contributed by atoms with van der Waals surface area (Å²) in [6.45, 7) is 8.65. The number of halogens is 1. The maximum Gasteiger partial charge on any atom is 0.141 e. The fourth-order valence-electron chi connectivity index (χ4n) is 5.79. The van der Waals surface area contributed by atoms with Crippen molar-refractivity contribution in [1.82, 2.24) is 19.7 Å². The van der Waals surface area contributed by atoms with Gasteiger partial charge in [0.2, 0.25) is 0 Å². The van der Waals surface area contributed by atoms with Crippen LogP contribution in [0.4, 0.5) is 4.39 Å². The van der Waals surface area contributed by atoms with E-state index in [0.717, 1.165) is 62.9 Å². The van der Waals surface area contributed by atoms with Gasteiger partial charge in [-0.1, -0.05) is 17.3 Å². The summed E-state index contributed by atoms with van der Waals surface area (Å²) in [6.07, 6.45) is 5.41. The summed E-state index contributed by atoms with van der Waals surface area (Å²) in [4.78, 5) is 9.52. The van der Waals surface area contributed by atoms with Crippen LogP contribution in [0, 0.1) is 25.6 Å². The summed E-state index contributed by atoms with van der Waals surface area (Å²) < 4.78 is 27.5. The molecule has 0 spiro atoms. The van der Waals surface area contributed by atoms with Gasteiger partial charge in [0.25, 0.3) is 0 Å². The molecule has 7 nitrogen and oxygen atoms in total. The highest BCUT2D eigenvalue weighted by molar-refractivity contribution is 6.06. The lowest BCUT2D eigenvalue weighted by Crippen LogP contribution is -2.27. The van der Waals surface area contributed by atoms with Crippen LogP contribution in [0.15, 0.2) is 53.3 Å². The van der Waals surface area contributed by atoms with Crippen molar-refractivity contribution in [3.63, 3.8) is 0 Å². The first kappa shape index (κ1) is 24.7. The molecule has 4 aromatic heterocycles. The Balaban J connectivity index is 1.69. The second-order valence-electron chi connectivity index (χ2n) is 10.8. The van der Waals surface area contributed by atoms with E-state index in [2.05, 4.69) is 20.8 Å². The van der Waals surface area contributed by atoms with Crippen molar-refractivity contribution in [3.8, 4) is 11.1 Å². The summed E-state index contributed by atoms with van der Waals surface area (Å²) in [5, 5.41) is 15.9. The molecule has 5 aromatic rings. The number of hydrogen-bond acceptors (Lipinski definition) is 6. The van der Waals surface area contributed by atoms with Gasteiger partial charge in [0.1, 0.15) is 17.2 Å². The van der Waals surface area contributed by atoms with Gasteiger partial charge in [-0.15, -0.1) is 0 Å². The second kappa shape index (κ2) is 9.29. The summed E-state index contributed by atoms with van der Waals surface area (Å²) in [6, 6.07) is 10.8. The van der Waals surface area contributed by atoms with Crippen LogP contribution < -0.4 is 0 Å². The molecule has 1 N–H and O–H groups in total. The molecule has 1 saturated heterocycles. The Morgan fingerprint density at radius 1 is 1.03 bits per heavy atom. The Morgan fingerprint density at radius 2 is 1.76 bits per heavy atom. The van der Waals surface area contributed by atoms with E-state index in [1.165, 1.54) is 12.1 Å². The van der Waals surface area contributed by atoms with Gasteiger partial charge in [0.15, 0.2) is 0 Å². The van der Waals surface area contributed by atoms with Crippen molar-refractivity contribution in [3.05, 3.63) is 77.3 Å². The molecular weight excluding hydrogens is 483 g/mol. The van der Waals surface area contributed by atoms with Crippen LogP contribution in [0.25, 0.3) is 33.1 Å². The summed E-state index contributed by atoms with van der Waals surface area (Å²) in [7, 11) is 0. The van der Waals surface area contributed by atoms with Gasteiger partial charge in [0.05, 0.1) is 34.0 Å². The van der Waals surface area contributed by atoms with E-state index in [-0.39, 0.29) is 17.8 Å². The number of rotatable bonds is 5. The van der Waals surface area contributed by atoms with Crippen LogP contribution in [-0.2, 0) is 10.3 Å². The first-order valence-corrected chi connectivity index (χ1v) is 13.0. The van der Waals surface area contributed by atoms with Crippen molar-refractivity contribution in [2.24, 2.45) is 5.92 Å². The fourth-order valence-corrected chi connectivity index (χ4v) is 5.79. The molecule has 1 aliphatic heterocycles. The van der Waals surface area contributed by atoms with Crippen LogP contribution in [0.1, 0.15) is 55.4 Å². The molecule has 0 bridgehead atoms. The zero-order valence-electron chi connectivity index (χ0n) is 22.0. The van der Waals surface area contributed by atoms with Gasteiger partial charge in [-0.05, 0) is 76.3 Å². The minimum absolute atomic E-state index is 0.0988. The van der Waals surface area contributed by atoms with Gasteiger partial charge in [-0.3, -0.25) is 9.97 Å². The molecule has 5 heterocycles. The van der Waals surface area contributed by atoms with E-state index in [9.17, 15) is 9.50 Å². The maximum atomic E-state index is 14.0. The Hall–Kier alpha value is -3.62. The van der Waals surface area contributed by atoms with Crippen LogP contribution in [0.2, 0.25) is 0 Å². The Morgan fingerprint density at radius 3 is 2.42 bits per heavy atom. The monoisotopic (exact) mass is 514 g/mol. The second-order valence-corrected chi connectivity index (χ2v) is 10.8. The average molecular weight is 515 g/mol. The van der Waals surface area contributed by atoms with E-state index in [4.69, 9.17) is 14.2 Å². The van der Waals surface area contributed by atoms with Crippen molar-refractivity contribution < 1.29 is 18.8 Å². The first-order chi connectivity index (χ1) is 18.2. The molecule has 1 aromatic carbocycles. The van der Waals surface area contributed by atoms with E-state index in [1.807, 2.05) is 38.2 Å². The largest absolute Gasteiger partial charge is 0.384 e. The molecule has 196 valence electrons.